The lowest BCUT2D eigenvalue weighted by Crippen LogP contribution is -2.08. The van der Waals surface area contributed by atoms with Crippen molar-refractivity contribution in [1.82, 2.24) is 0 Å². The Morgan fingerprint density at radius 1 is 0.615 bits per heavy atom. The van der Waals surface area contributed by atoms with Gasteiger partial charge in [0.05, 0.1) is 6.61 Å². The van der Waals surface area contributed by atoms with Crippen molar-refractivity contribution in [2.24, 2.45) is 0 Å². The first kappa shape index (κ1) is 18.2. The fraction of sp³-hybridized carbons (Fsp3) is 0.143. The SMILES string of the molecule is O=S(=O)(Cc1ccccc1)OCc1ccc(OCc2ccccc2)cc1. The molecule has 0 aliphatic rings. The molecule has 0 fully saturated rings. The zero-order chi connectivity index (χ0) is 18.2. The van der Waals surface area contributed by atoms with Crippen molar-refractivity contribution in [3.05, 3.63) is 102 Å². The van der Waals surface area contributed by atoms with Crippen molar-refractivity contribution in [1.29, 1.82) is 0 Å². The Balaban J connectivity index is 1.51. The van der Waals surface area contributed by atoms with Gasteiger partial charge in [-0.15, -0.1) is 0 Å². The van der Waals surface area contributed by atoms with Crippen LogP contribution in [0.4, 0.5) is 0 Å². The van der Waals surface area contributed by atoms with E-state index in [1.165, 1.54) is 0 Å². The van der Waals surface area contributed by atoms with E-state index in [1.54, 1.807) is 36.4 Å². The number of benzene rings is 3. The Morgan fingerprint density at radius 2 is 1.15 bits per heavy atom. The lowest BCUT2D eigenvalue weighted by Gasteiger charge is -2.08. The zero-order valence-electron chi connectivity index (χ0n) is 14.2. The van der Waals surface area contributed by atoms with Crippen LogP contribution in [0.5, 0.6) is 5.75 Å². The highest BCUT2D eigenvalue weighted by atomic mass is 32.2. The second-order valence-electron chi connectivity index (χ2n) is 5.87. The molecular weight excluding hydrogens is 348 g/mol. The van der Waals surface area contributed by atoms with Gasteiger partial charge in [-0.3, -0.25) is 4.18 Å². The fourth-order valence-electron chi connectivity index (χ4n) is 2.40. The van der Waals surface area contributed by atoms with Gasteiger partial charge < -0.3 is 4.74 Å². The molecular formula is C21H20O4S. The van der Waals surface area contributed by atoms with Crippen LogP contribution in [0.25, 0.3) is 0 Å². The van der Waals surface area contributed by atoms with Crippen LogP contribution in [-0.2, 0) is 33.3 Å². The van der Waals surface area contributed by atoms with Gasteiger partial charge in [-0.1, -0.05) is 72.8 Å². The second kappa shape index (κ2) is 8.65. The molecule has 0 aliphatic heterocycles. The van der Waals surface area contributed by atoms with Crippen LogP contribution >= 0.6 is 0 Å². The van der Waals surface area contributed by atoms with Crippen LogP contribution in [0.1, 0.15) is 16.7 Å². The summed E-state index contributed by atoms with van der Waals surface area (Å²) in [6.07, 6.45) is 0. The Labute approximate surface area is 154 Å². The van der Waals surface area contributed by atoms with Gasteiger partial charge in [0, 0.05) is 0 Å². The van der Waals surface area contributed by atoms with Crippen molar-refractivity contribution in [2.45, 2.75) is 19.0 Å². The average molecular weight is 368 g/mol. The van der Waals surface area contributed by atoms with E-state index in [-0.39, 0.29) is 12.4 Å². The van der Waals surface area contributed by atoms with Gasteiger partial charge in [0.25, 0.3) is 10.1 Å². The standard InChI is InChI=1S/C21H20O4S/c22-26(23,17-20-9-5-2-6-10-20)25-16-19-11-13-21(14-12-19)24-15-18-7-3-1-4-8-18/h1-14H,15-17H2. The maximum atomic E-state index is 12.1. The third kappa shape index (κ3) is 5.72. The van der Waals surface area contributed by atoms with Crippen molar-refractivity contribution < 1.29 is 17.3 Å². The predicted molar refractivity (Wildman–Crippen MR) is 101 cm³/mol. The third-order valence-corrected chi connectivity index (χ3v) is 4.93. The number of ether oxygens (including phenoxy) is 1. The first-order valence-electron chi connectivity index (χ1n) is 8.27. The van der Waals surface area contributed by atoms with Crippen LogP contribution in [0.15, 0.2) is 84.9 Å². The molecule has 4 nitrogen and oxygen atoms in total. The summed E-state index contributed by atoms with van der Waals surface area (Å²) < 4.78 is 34.9. The zero-order valence-corrected chi connectivity index (χ0v) is 15.1. The van der Waals surface area contributed by atoms with Gasteiger partial charge in [0.1, 0.15) is 18.1 Å². The highest BCUT2D eigenvalue weighted by molar-refractivity contribution is 7.85. The molecule has 0 aromatic heterocycles. The molecule has 0 atom stereocenters. The molecule has 0 saturated carbocycles. The molecule has 0 spiro atoms. The van der Waals surface area contributed by atoms with Crippen molar-refractivity contribution in [3.63, 3.8) is 0 Å². The molecule has 0 amide bonds. The molecule has 134 valence electrons. The summed E-state index contributed by atoms with van der Waals surface area (Å²) >= 11 is 0. The van der Waals surface area contributed by atoms with E-state index >= 15 is 0 Å². The molecule has 3 aromatic rings. The molecule has 0 radical (unpaired) electrons. The molecule has 5 heteroatoms. The lowest BCUT2D eigenvalue weighted by atomic mass is 10.2. The summed E-state index contributed by atoms with van der Waals surface area (Å²) in [4.78, 5) is 0. The highest BCUT2D eigenvalue weighted by Crippen LogP contribution is 2.16. The van der Waals surface area contributed by atoms with Gasteiger partial charge in [0.2, 0.25) is 0 Å². The van der Waals surface area contributed by atoms with E-state index in [1.807, 2.05) is 48.5 Å². The van der Waals surface area contributed by atoms with Crippen LogP contribution in [-0.4, -0.2) is 8.42 Å². The predicted octanol–water partition coefficient (Wildman–Crippen LogP) is 4.31. The summed E-state index contributed by atoms with van der Waals surface area (Å²) in [5, 5.41) is 0. The summed E-state index contributed by atoms with van der Waals surface area (Å²) in [7, 11) is -3.62. The fourth-order valence-corrected chi connectivity index (χ4v) is 3.40. The maximum absolute atomic E-state index is 12.1. The molecule has 0 unspecified atom stereocenters. The van der Waals surface area contributed by atoms with Crippen molar-refractivity contribution >= 4 is 10.1 Å². The third-order valence-electron chi connectivity index (χ3n) is 3.76. The molecule has 0 saturated heterocycles. The molecule has 0 N–H and O–H groups in total. The number of rotatable bonds is 8. The molecule has 26 heavy (non-hydrogen) atoms. The molecule has 3 rings (SSSR count). The van der Waals surface area contributed by atoms with E-state index in [0.717, 1.165) is 16.9 Å². The number of hydrogen-bond acceptors (Lipinski definition) is 4. The summed E-state index contributed by atoms with van der Waals surface area (Å²) in [5.74, 6) is 0.594. The van der Waals surface area contributed by atoms with Crippen molar-refractivity contribution in [2.75, 3.05) is 0 Å². The van der Waals surface area contributed by atoms with Gasteiger partial charge >= 0.3 is 0 Å². The maximum Gasteiger partial charge on any atom is 0.271 e. The van der Waals surface area contributed by atoms with Crippen LogP contribution in [0, 0.1) is 0 Å². The van der Waals surface area contributed by atoms with Gasteiger partial charge in [-0.25, -0.2) is 0 Å². The Hall–Kier alpha value is -2.63. The molecule has 0 aliphatic carbocycles. The molecule has 3 aromatic carbocycles. The van der Waals surface area contributed by atoms with Crippen LogP contribution in [0.2, 0.25) is 0 Å². The van der Waals surface area contributed by atoms with Gasteiger partial charge in [-0.05, 0) is 28.8 Å². The summed E-state index contributed by atoms with van der Waals surface area (Å²) in [5.41, 5.74) is 2.57. The Kier molecular flexibility index (Phi) is 6.04. The normalized spacial score (nSPS) is 11.2. The topological polar surface area (TPSA) is 52.6 Å². The van der Waals surface area contributed by atoms with Crippen LogP contribution in [0.3, 0.4) is 0 Å². The minimum absolute atomic E-state index is 0.00807. The minimum Gasteiger partial charge on any atom is -0.489 e. The van der Waals surface area contributed by atoms with Crippen LogP contribution < -0.4 is 4.74 Å². The molecule has 0 bridgehead atoms. The van der Waals surface area contributed by atoms with E-state index in [4.69, 9.17) is 8.92 Å². The molecule has 0 heterocycles. The average Bonchev–Trinajstić information content (AvgIpc) is 2.67. The quantitative estimate of drug-likeness (QED) is 0.556. The highest BCUT2D eigenvalue weighted by Gasteiger charge is 2.12. The first-order valence-corrected chi connectivity index (χ1v) is 9.85. The minimum atomic E-state index is -3.62. The number of hydrogen-bond donors (Lipinski definition) is 0. The smallest absolute Gasteiger partial charge is 0.271 e. The Bertz CT molecular complexity index is 905. The summed E-state index contributed by atoms with van der Waals surface area (Å²) in [6.45, 7) is 0.496. The van der Waals surface area contributed by atoms with E-state index in [2.05, 4.69) is 0 Å². The first-order chi connectivity index (χ1) is 12.6. The van der Waals surface area contributed by atoms with Gasteiger partial charge in [0.15, 0.2) is 0 Å². The Morgan fingerprint density at radius 3 is 1.77 bits per heavy atom. The monoisotopic (exact) mass is 368 g/mol. The largest absolute Gasteiger partial charge is 0.489 e. The second-order valence-corrected chi connectivity index (χ2v) is 7.51. The summed E-state index contributed by atoms with van der Waals surface area (Å²) in [6, 6.07) is 26.1. The van der Waals surface area contributed by atoms with Crippen molar-refractivity contribution in [3.8, 4) is 5.75 Å². The van der Waals surface area contributed by atoms with E-state index in [9.17, 15) is 8.42 Å². The van der Waals surface area contributed by atoms with E-state index in [0.29, 0.717) is 12.2 Å². The lowest BCUT2D eigenvalue weighted by molar-refractivity contribution is 0.302. The van der Waals surface area contributed by atoms with E-state index < -0.39 is 10.1 Å². The van der Waals surface area contributed by atoms with Gasteiger partial charge in [-0.2, -0.15) is 8.42 Å².